The highest BCUT2D eigenvalue weighted by molar-refractivity contribution is 14.0. The second-order valence-corrected chi connectivity index (χ2v) is 6.91. The number of nitrogens with one attached hydrogen (secondary N) is 2. The van der Waals surface area contributed by atoms with E-state index in [-0.39, 0.29) is 24.0 Å². The molecule has 0 aromatic carbocycles. The lowest BCUT2D eigenvalue weighted by Gasteiger charge is -2.20. The molecule has 1 heterocycles. The van der Waals surface area contributed by atoms with E-state index in [4.69, 9.17) is 0 Å². The first kappa shape index (κ1) is 21.6. The number of rotatable bonds is 7. The third-order valence-corrected chi connectivity index (χ3v) is 4.60. The number of guanidine groups is 1. The molecule has 0 aliphatic rings. The van der Waals surface area contributed by atoms with Crippen molar-refractivity contribution in [3.63, 3.8) is 0 Å². The third-order valence-electron chi connectivity index (χ3n) is 3.41. The zero-order valence-corrected chi connectivity index (χ0v) is 17.8. The second kappa shape index (κ2) is 11.2. The fourth-order valence-electron chi connectivity index (χ4n) is 1.69. The van der Waals surface area contributed by atoms with Crippen molar-refractivity contribution in [2.24, 2.45) is 10.9 Å². The average molecular weight is 438 g/mol. The number of hydrogen-bond acceptors (Lipinski definition) is 3. The molecule has 1 aromatic heterocycles. The standard InChI is InChI=1S/C16H30N4S.HI/c1-7-17-16(19-13(6)11(2)3)18-9-8-14-10-21-15(20-14)12(4)5;/h10-13H,7-9H2,1-6H3,(H2,17,18,19);1H. The average Bonchev–Trinajstić information content (AvgIpc) is 2.87. The molecule has 1 aromatic rings. The van der Waals surface area contributed by atoms with Gasteiger partial charge in [0, 0.05) is 36.9 Å². The number of hydrogen-bond donors (Lipinski definition) is 2. The molecule has 0 aliphatic heterocycles. The number of aliphatic imine (C=N–C) groups is 1. The molecule has 0 radical (unpaired) electrons. The Morgan fingerprint density at radius 3 is 2.45 bits per heavy atom. The Morgan fingerprint density at radius 1 is 1.27 bits per heavy atom. The van der Waals surface area contributed by atoms with Gasteiger partial charge in [0.2, 0.25) is 0 Å². The molecule has 0 fully saturated rings. The summed E-state index contributed by atoms with van der Waals surface area (Å²) in [5.41, 5.74) is 1.15. The van der Waals surface area contributed by atoms with Crippen molar-refractivity contribution in [2.45, 2.75) is 59.9 Å². The van der Waals surface area contributed by atoms with Crippen LogP contribution in [0, 0.1) is 5.92 Å². The maximum absolute atomic E-state index is 4.65. The van der Waals surface area contributed by atoms with E-state index in [1.54, 1.807) is 11.3 Å². The molecule has 0 spiro atoms. The van der Waals surface area contributed by atoms with Gasteiger partial charge >= 0.3 is 0 Å². The van der Waals surface area contributed by atoms with Crippen LogP contribution in [0.25, 0.3) is 0 Å². The van der Waals surface area contributed by atoms with E-state index in [1.165, 1.54) is 5.01 Å². The first-order valence-corrected chi connectivity index (χ1v) is 8.81. The topological polar surface area (TPSA) is 49.3 Å². The van der Waals surface area contributed by atoms with Gasteiger partial charge in [-0.15, -0.1) is 35.3 Å². The smallest absolute Gasteiger partial charge is 0.191 e. The Hall–Kier alpha value is -0.370. The van der Waals surface area contributed by atoms with Gasteiger partial charge < -0.3 is 10.6 Å². The van der Waals surface area contributed by atoms with E-state index >= 15 is 0 Å². The number of nitrogens with zero attached hydrogens (tertiary/aromatic N) is 2. The normalized spacial score (nSPS) is 13.2. The van der Waals surface area contributed by atoms with Gasteiger partial charge in [0.1, 0.15) is 0 Å². The van der Waals surface area contributed by atoms with Crippen LogP contribution in [0.4, 0.5) is 0 Å². The van der Waals surface area contributed by atoms with E-state index in [9.17, 15) is 0 Å². The summed E-state index contributed by atoms with van der Waals surface area (Å²) in [5.74, 6) is 2.00. The SMILES string of the molecule is CCNC(=NCCc1csc(C(C)C)n1)NC(C)C(C)C.I. The van der Waals surface area contributed by atoms with E-state index in [2.05, 4.69) is 67.5 Å². The van der Waals surface area contributed by atoms with Crippen molar-refractivity contribution in [1.82, 2.24) is 15.6 Å². The summed E-state index contributed by atoms with van der Waals surface area (Å²) in [6.07, 6.45) is 0.899. The van der Waals surface area contributed by atoms with Crippen molar-refractivity contribution in [3.05, 3.63) is 16.1 Å². The first-order valence-electron chi connectivity index (χ1n) is 7.93. The highest BCUT2D eigenvalue weighted by atomic mass is 127. The summed E-state index contributed by atoms with van der Waals surface area (Å²) in [7, 11) is 0. The molecule has 0 saturated carbocycles. The third kappa shape index (κ3) is 7.76. The molecule has 4 nitrogen and oxygen atoms in total. The molecule has 1 rings (SSSR count). The van der Waals surface area contributed by atoms with Crippen LogP contribution >= 0.6 is 35.3 Å². The number of aromatic nitrogens is 1. The molecule has 128 valence electrons. The zero-order valence-electron chi connectivity index (χ0n) is 14.6. The second-order valence-electron chi connectivity index (χ2n) is 6.02. The molecule has 0 saturated heterocycles. The minimum Gasteiger partial charge on any atom is -0.357 e. The molecule has 0 bridgehead atoms. The first-order chi connectivity index (χ1) is 9.93. The largest absolute Gasteiger partial charge is 0.357 e. The van der Waals surface area contributed by atoms with Gasteiger partial charge in [-0.05, 0) is 19.8 Å². The Bertz CT molecular complexity index is 443. The van der Waals surface area contributed by atoms with E-state index < -0.39 is 0 Å². The van der Waals surface area contributed by atoms with E-state index in [1.807, 2.05) is 0 Å². The van der Waals surface area contributed by atoms with Crippen molar-refractivity contribution in [3.8, 4) is 0 Å². The Morgan fingerprint density at radius 2 is 1.95 bits per heavy atom. The van der Waals surface area contributed by atoms with Crippen LogP contribution < -0.4 is 10.6 Å². The summed E-state index contributed by atoms with van der Waals surface area (Å²) in [6.45, 7) is 14.7. The van der Waals surface area contributed by atoms with Gasteiger partial charge in [0.15, 0.2) is 5.96 Å². The van der Waals surface area contributed by atoms with Gasteiger partial charge in [-0.2, -0.15) is 0 Å². The lowest BCUT2D eigenvalue weighted by molar-refractivity contribution is 0.481. The lowest BCUT2D eigenvalue weighted by atomic mass is 10.1. The molecule has 2 N–H and O–H groups in total. The maximum atomic E-state index is 4.65. The van der Waals surface area contributed by atoms with Crippen molar-refractivity contribution in [2.75, 3.05) is 13.1 Å². The van der Waals surface area contributed by atoms with Crippen molar-refractivity contribution < 1.29 is 0 Å². The minimum atomic E-state index is 0. The highest BCUT2D eigenvalue weighted by Crippen LogP contribution is 2.19. The van der Waals surface area contributed by atoms with Gasteiger partial charge in [-0.1, -0.05) is 27.7 Å². The molecule has 6 heteroatoms. The Kier molecular flexibility index (Phi) is 11.0. The molecular weight excluding hydrogens is 407 g/mol. The molecule has 22 heavy (non-hydrogen) atoms. The fraction of sp³-hybridized carbons (Fsp3) is 0.750. The minimum absolute atomic E-state index is 0. The van der Waals surface area contributed by atoms with Crippen LogP contribution in [0.1, 0.15) is 58.2 Å². The van der Waals surface area contributed by atoms with Gasteiger partial charge in [0.05, 0.1) is 10.7 Å². The van der Waals surface area contributed by atoms with Crippen molar-refractivity contribution in [1.29, 1.82) is 0 Å². The summed E-state index contributed by atoms with van der Waals surface area (Å²) < 4.78 is 0. The van der Waals surface area contributed by atoms with Crippen LogP contribution in [0.2, 0.25) is 0 Å². The molecule has 0 amide bonds. The predicted octanol–water partition coefficient (Wildman–Crippen LogP) is 4.03. The quantitative estimate of drug-likeness (QED) is 0.384. The molecular formula is C16H31IN4S. The van der Waals surface area contributed by atoms with E-state index in [0.29, 0.717) is 17.9 Å². The van der Waals surface area contributed by atoms with Crippen LogP contribution in [0.3, 0.4) is 0 Å². The van der Waals surface area contributed by atoms with Gasteiger partial charge in [-0.25, -0.2) is 4.98 Å². The van der Waals surface area contributed by atoms with Crippen LogP contribution in [-0.4, -0.2) is 30.1 Å². The Labute approximate surface area is 156 Å². The summed E-state index contributed by atoms with van der Waals surface area (Å²) in [4.78, 5) is 9.29. The zero-order chi connectivity index (χ0) is 15.8. The molecule has 1 unspecified atom stereocenters. The highest BCUT2D eigenvalue weighted by Gasteiger charge is 2.09. The van der Waals surface area contributed by atoms with Crippen LogP contribution in [0.5, 0.6) is 0 Å². The fourth-order valence-corrected chi connectivity index (χ4v) is 2.56. The maximum Gasteiger partial charge on any atom is 0.191 e. The van der Waals surface area contributed by atoms with E-state index in [0.717, 1.165) is 31.2 Å². The van der Waals surface area contributed by atoms with Crippen LogP contribution in [0.15, 0.2) is 10.4 Å². The predicted molar refractivity (Wildman–Crippen MR) is 109 cm³/mol. The number of halogens is 1. The van der Waals surface area contributed by atoms with Gasteiger partial charge in [0.25, 0.3) is 0 Å². The lowest BCUT2D eigenvalue weighted by Crippen LogP contribution is -2.44. The monoisotopic (exact) mass is 438 g/mol. The Balaban J connectivity index is 0.00000441. The van der Waals surface area contributed by atoms with Crippen LogP contribution in [-0.2, 0) is 6.42 Å². The summed E-state index contributed by atoms with van der Waals surface area (Å²) >= 11 is 1.75. The summed E-state index contributed by atoms with van der Waals surface area (Å²) in [6, 6.07) is 0.412. The summed E-state index contributed by atoms with van der Waals surface area (Å²) in [5, 5.41) is 10.1. The van der Waals surface area contributed by atoms with Gasteiger partial charge in [-0.3, -0.25) is 4.99 Å². The number of thiazole rings is 1. The van der Waals surface area contributed by atoms with Crippen molar-refractivity contribution >= 4 is 41.3 Å². The molecule has 1 atom stereocenters. The molecule has 0 aliphatic carbocycles.